The van der Waals surface area contributed by atoms with Crippen molar-refractivity contribution in [3.63, 3.8) is 0 Å². The first-order valence-electron chi connectivity index (χ1n) is 7.12. The lowest BCUT2D eigenvalue weighted by atomic mass is 10.0. The zero-order chi connectivity index (χ0) is 14.7. The Kier molecular flexibility index (Phi) is 4.34. The van der Waals surface area contributed by atoms with Crippen molar-refractivity contribution in [3.05, 3.63) is 59.4 Å². The highest BCUT2D eigenvalue weighted by atomic mass is 32.2. The minimum atomic E-state index is -0.276. The first-order valence-corrected chi connectivity index (χ1v) is 8.28. The minimum absolute atomic E-state index is 0.226. The number of hydrogen-bond acceptors (Lipinski definition) is 3. The molecule has 2 aromatic rings. The second-order valence-corrected chi connectivity index (χ2v) is 6.01. The summed E-state index contributed by atoms with van der Waals surface area (Å²) in [6.45, 7) is 2.43. The van der Waals surface area contributed by atoms with Gasteiger partial charge in [0.05, 0.1) is 18.3 Å². The van der Waals surface area contributed by atoms with Gasteiger partial charge in [-0.15, -0.1) is 0 Å². The number of fused-ring (bicyclic) bond motifs is 1. The highest BCUT2D eigenvalue weighted by molar-refractivity contribution is 7.98. The summed E-state index contributed by atoms with van der Waals surface area (Å²) >= 11 is 1.91. The lowest BCUT2D eigenvalue weighted by Crippen LogP contribution is -2.19. The molecule has 0 aromatic heterocycles. The van der Waals surface area contributed by atoms with Gasteiger partial charge >= 0.3 is 0 Å². The molecule has 2 nitrogen and oxygen atoms in total. The maximum Gasteiger partial charge on any atom is 0.145 e. The predicted molar refractivity (Wildman–Crippen MR) is 86.5 cm³/mol. The van der Waals surface area contributed by atoms with Crippen LogP contribution in [0.25, 0.3) is 0 Å². The standard InChI is InChI=1S/C17H18FNOS/c1-2-20-17-9-13(18)7-8-15(17)19-16-11-21-10-12-5-3-4-6-14(12)16/h3-9,16,19H,2,10-11H2,1H3. The molecule has 2 aromatic carbocycles. The van der Waals surface area contributed by atoms with E-state index in [2.05, 4.69) is 29.6 Å². The molecular formula is C17H18FNOS. The van der Waals surface area contributed by atoms with E-state index in [0.717, 1.165) is 17.2 Å². The van der Waals surface area contributed by atoms with E-state index >= 15 is 0 Å². The van der Waals surface area contributed by atoms with Gasteiger partial charge in [0.15, 0.2) is 0 Å². The Morgan fingerprint density at radius 2 is 2.14 bits per heavy atom. The van der Waals surface area contributed by atoms with Gasteiger partial charge in [-0.2, -0.15) is 11.8 Å². The van der Waals surface area contributed by atoms with E-state index in [9.17, 15) is 4.39 Å². The fourth-order valence-corrected chi connectivity index (χ4v) is 3.68. The maximum atomic E-state index is 13.4. The molecular weight excluding hydrogens is 285 g/mol. The van der Waals surface area contributed by atoms with E-state index in [-0.39, 0.29) is 11.9 Å². The van der Waals surface area contributed by atoms with Gasteiger partial charge in [0.25, 0.3) is 0 Å². The Bertz CT molecular complexity index is 632. The Morgan fingerprint density at radius 1 is 1.29 bits per heavy atom. The van der Waals surface area contributed by atoms with Crippen molar-refractivity contribution in [2.24, 2.45) is 0 Å². The molecule has 110 valence electrons. The number of anilines is 1. The van der Waals surface area contributed by atoms with E-state index in [1.807, 2.05) is 18.7 Å². The molecule has 0 radical (unpaired) electrons. The zero-order valence-corrected chi connectivity index (χ0v) is 12.8. The van der Waals surface area contributed by atoms with Gasteiger partial charge in [0, 0.05) is 17.6 Å². The number of hydrogen-bond donors (Lipinski definition) is 1. The molecule has 0 spiro atoms. The van der Waals surface area contributed by atoms with Crippen LogP contribution >= 0.6 is 11.8 Å². The predicted octanol–water partition coefficient (Wildman–Crippen LogP) is 4.62. The fourth-order valence-electron chi connectivity index (χ4n) is 2.58. The van der Waals surface area contributed by atoms with Crippen molar-refractivity contribution in [2.45, 2.75) is 18.7 Å². The number of ether oxygens (including phenoxy) is 1. The van der Waals surface area contributed by atoms with Crippen molar-refractivity contribution < 1.29 is 9.13 Å². The smallest absolute Gasteiger partial charge is 0.145 e. The van der Waals surface area contributed by atoms with Crippen LogP contribution in [0.15, 0.2) is 42.5 Å². The normalized spacial score (nSPS) is 17.1. The second kappa shape index (κ2) is 6.39. The Balaban J connectivity index is 1.88. The van der Waals surface area contributed by atoms with Gasteiger partial charge in [0.2, 0.25) is 0 Å². The van der Waals surface area contributed by atoms with Crippen molar-refractivity contribution in [1.29, 1.82) is 0 Å². The number of thioether (sulfide) groups is 1. The molecule has 1 N–H and O–H groups in total. The second-order valence-electron chi connectivity index (χ2n) is 4.98. The van der Waals surface area contributed by atoms with Crippen LogP contribution in [0.1, 0.15) is 24.1 Å². The monoisotopic (exact) mass is 303 g/mol. The molecule has 1 atom stereocenters. The molecule has 0 aliphatic carbocycles. The minimum Gasteiger partial charge on any atom is -0.492 e. The van der Waals surface area contributed by atoms with E-state index in [1.54, 1.807) is 6.07 Å². The summed E-state index contributed by atoms with van der Waals surface area (Å²) in [6, 6.07) is 13.4. The molecule has 0 saturated carbocycles. The molecule has 0 saturated heterocycles. The molecule has 1 aliphatic rings. The molecule has 3 rings (SSSR count). The first-order chi connectivity index (χ1) is 10.3. The third kappa shape index (κ3) is 3.16. The Hall–Kier alpha value is -1.68. The van der Waals surface area contributed by atoms with Crippen LogP contribution in [0.2, 0.25) is 0 Å². The average Bonchev–Trinajstić information content (AvgIpc) is 2.50. The van der Waals surface area contributed by atoms with E-state index in [1.165, 1.54) is 23.3 Å². The first kappa shape index (κ1) is 14.3. The van der Waals surface area contributed by atoms with Crippen molar-refractivity contribution in [1.82, 2.24) is 0 Å². The highest BCUT2D eigenvalue weighted by Gasteiger charge is 2.21. The Labute approximate surface area is 128 Å². The molecule has 1 unspecified atom stereocenters. The van der Waals surface area contributed by atoms with Crippen LogP contribution in [0.3, 0.4) is 0 Å². The summed E-state index contributed by atoms with van der Waals surface area (Å²) in [5.41, 5.74) is 3.54. The summed E-state index contributed by atoms with van der Waals surface area (Å²) in [4.78, 5) is 0. The van der Waals surface area contributed by atoms with E-state index in [4.69, 9.17) is 4.74 Å². The maximum absolute atomic E-state index is 13.4. The molecule has 4 heteroatoms. The number of rotatable bonds is 4. The summed E-state index contributed by atoms with van der Waals surface area (Å²) in [7, 11) is 0. The lowest BCUT2D eigenvalue weighted by molar-refractivity contribution is 0.339. The molecule has 1 aliphatic heterocycles. The third-order valence-electron chi connectivity index (χ3n) is 3.55. The van der Waals surface area contributed by atoms with Gasteiger partial charge in [-0.25, -0.2) is 4.39 Å². The molecule has 0 bridgehead atoms. The van der Waals surface area contributed by atoms with Crippen LogP contribution in [0.4, 0.5) is 10.1 Å². The van der Waals surface area contributed by atoms with Crippen molar-refractivity contribution >= 4 is 17.4 Å². The van der Waals surface area contributed by atoms with E-state index < -0.39 is 0 Å². The summed E-state index contributed by atoms with van der Waals surface area (Å²) in [5.74, 6) is 2.35. The number of nitrogens with one attached hydrogen (secondary N) is 1. The van der Waals surface area contributed by atoms with Crippen molar-refractivity contribution in [3.8, 4) is 5.75 Å². The topological polar surface area (TPSA) is 21.3 Å². The largest absolute Gasteiger partial charge is 0.492 e. The third-order valence-corrected chi connectivity index (χ3v) is 4.63. The highest BCUT2D eigenvalue weighted by Crippen LogP contribution is 2.36. The summed E-state index contributed by atoms with van der Waals surface area (Å²) < 4.78 is 18.9. The van der Waals surface area contributed by atoms with E-state index in [0.29, 0.717) is 12.4 Å². The molecule has 0 amide bonds. The van der Waals surface area contributed by atoms with Gasteiger partial charge in [-0.05, 0) is 30.2 Å². The van der Waals surface area contributed by atoms with Gasteiger partial charge in [-0.1, -0.05) is 24.3 Å². The lowest BCUT2D eigenvalue weighted by Gasteiger charge is -2.27. The SMILES string of the molecule is CCOc1cc(F)ccc1NC1CSCc2ccccc21. The summed E-state index contributed by atoms with van der Waals surface area (Å²) in [6.07, 6.45) is 0. The van der Waals surface area contributed by atoms with Crippen LogP contribution in [-0.2, 0) is 5.75 Å². The average molecular weight is 303 g/mol. The van der Waals surface area contributed by atoms with Gasteiger partial charge in [-0.3, -0.25) is 0 Å². The molecule has 0 fully saturated rings. The number of benzene rings is 2. The van der Waals surface area contributed by atoms with Crippen LogP contribution < -0.4 is 10.1 Å². The molecule has 21 heavy (non-hydrogen) atoms. The van der Waals surface area contributed by atoms with Crippen molar-refractivity contribution in [2.75, 3.05) is 17.7 Å². The Morgan fingerprint density at radius 3 is 3.00 bits per heavy atom. The van der Waals surface area contributed by atoms with Crippen LogP contribution in [0.5, 0.6) is 5.75 Å². The zero-order valence-electron chi connectivity index (χ0n) is 11.9. The molecule has 1 heterocycles. The van der Waals surface area contributed by atoms with Crippen LogP contribution in [0, 0.1) is 5.82 Å². The quantitative estimate of drug-likeness (QED) is 0.890. The van der Waals surface area contributed by atoms with Gasteiger partial charge < -0.3 is 10.1 Å². The van der Waals surface area contributed by atoms with Gasteiger partial charge in [0.1, 0.15) is 11.6 Å². The number of halogens is 1. The summed E-state index contributed by atoms with van der Waals surface area (Å²) in [5, 5.41) is 3.51. The fraction of sp³-hybridized carbons (Fsp3) is 0.294. The van der Waals surface area contributed by atoms with Crippen LogP contribution in [-0.4, -0.2) is 12.4 Å².